The van der Waals surface area contributed by atoms with Crippen LogP contribution in [0.15, 0.2) is 75.9 Å². The molecule has 0 N–H and O–H groups in total. The molecule has 168 valence electrons. The maximum Gasteiger partial charge on any atom is 0.344 e. The molecule has 5 nitrogen and oxygen atoms in total. The van der Waals surface area contributed by atoms with Crippen molar-refractivity contribution in [2.45, 2.75) is 20.8 Å². The zero-order valence-electron chi connectivity index (χ0n) is 18.8. The fourth-order valence-corrected chi connectivity index (χ4v) is 4.39. The first kappa shape index (κ1) is 21.9. The molecule has 0 radical (unpaired) electrons. The summed E-state index contributed by atoms with van der Waals surface area (Å²) in [5.41, 5.74) is 3.79. The second-order valence-electron chi connectivity index (χ2n) is 8.25. The van der Waals surface area contributed by atoms with Gasteiger partial charge in [0.25, 0.3) is 0 Å². The highest BCUT2D eigenvalue weighted by atomic mass is 35.5. The Morgan fingerprint density at radius 2 is 1.68 bits per heavy atom. The first-order valence-electron chi connectivity index (χ1n) is 10.7. The Hall–Kier alpha value is -3.96. The van der Waals surface area contributed by atoms with Crippen LogP contribution < -0.4 is 10.2 Å². The monoisotopic (exact) mass is 469 g/mol. The number of pyridine rings is 1. The molecular formula is C28H20ClNO4. The van der Waals surface area contributed by atoms with E-state index < -0.39 is 11.4 Å². The zero-order valence-corrected chi connectivity index (χ0v) is 19.6. The van der Waals surface area contributed by atoms with Gasteiger partial charge < -0.3 is 9.15 Å². The van der Waals surface area contributed by atoms with Gasteiger partial charge in [0.2, 0.25) is 11.2 Å². The lowest BCUT2D eigenvalue weighted by Gasteiger charge is -2.14. The van der Waals surface area contributed by atoms with Crippen molar-refractivity contribution in [3.05, 3.63) is 104 Å². The predicted octanol–water partition coefficient (Wildman–Crippen LogP) is 6.81. The Morgan fingerprint density at radius 3 is 2.47 bits per heavy atom. The number of carbonyl (C=O) groups is 1. The molecule has 3 aromatic carbocycles. The number of carbonyl (C=O) groups excluding carboxylic acids is 1. The molecule has 2 aromatic heterocycles. The third kappa shape index (κ3) is 3.74. The van der Waals surface area contributed by atoms with Crippen LogP contribution in [0.2, 0.25) is 5.02 Å². The smallest absolute Gasteiger partial charge is 0.344 e. The Morgan fingerprint density at radius 1 is 0.941 bits per heavy atom. The number of nitrogens with zero attached hydrogens (tertiary/aromatic N) is 1. The number of aryl methyl sites for hydroxylation is 3. The lowest BCUT2D eigenvalue weighted by atomic mass is 10.0. The van der Waals surface area contributed by atoms with E-state index in [9.17, 15) is 9.59 Å². The molecule has 0 spiro atoms. The summed E-state index contributed by atoms with van der Waals surface area (Å²) in [7, 11) is 0. The molecular weight excluding hydrogens is 450 g/mol. The molecule has 0 saturated carbocycles. The number of hydrogen-bond acceptors (Lipinski definition) is 5. The lowest BCUT2D eigenvalue weighted by Crippen LogP contribution is -2.17. The molecule has 34 heavy (non-hydrogen) atoms. The highest BCUT2D eigenvalue weighted by Crippen LogP contribution is 2.36. The van der Waals surface area contributed by atoms with E-state index >= 15 is 0 Å². The number of halogens is 1. The summed E-state index contributed by atoms with van der Waals surface area (Å²) in [6, 6.07) is 19.6. The average Bonchev–Trinajstić information content (AvgIpc) is 2.81. The SMILES string of the molecule is Cc1cc(C)c2oc(-c3ccccc3Cl)c(OC(=O)c3cc(C)nc4ccccc34)c(=O)c2c1. The van der Waals surface area contributed by atoms with E-state index in [0.717, 1.165) is 11.1 Å². The Kier molecular flexibility index (Phi) is 5.42. The second-order valence-corrected chi connectivity index (χ2v) is 8.65. The Labute approximate surface area is 200 Å². The molecule has 5 aromatic rings. The molecule has 0 fully saturated rings. The largest absolute Gasteiger partial charge is 0.452 e. The topological polar surface area (TPSA) is 69.4 Å². The van der Waals surface area contributed by atoms with Crippen LogP contribution in [0.4, 0.5) is 0 Å². The van der Waals surface area contributed by atoms with Crippen LogP contribution in [0.5, 0.6) is 5.75 Å². The van der Waals surface area contributed by atoms with Gasteiger partial charge in [-0.25, -0.2) is 4.79 Å². The van der Waals surface area contributed by atoms with E-state index in [0.29, 0.717) is 43.7 Å². The van der Waals surface area contributed by atoms with Crippen LogP contribution in [-0.2, 0) is 0 Å². The van der Waals surface area contributed by atoms with E-state index in [1.54, 1.807) is 49.4 Å². The predicted molar refractivity (Wildman–Crippen MR) is 134 cm³/mol. The van der Waals surface area contributed by atoms with Crippen LogP contribution in [0.1, 0.15) is 27.2 Å². The molecule has 0 aliphatic heterocycles. The second kappa shape index (κ2) is 8.43. The quantitative estimate of drug-likeness (QED) is 0.271. The summed E-state index contributed by atoms with van der Waals surface area (Å²) in [4.78, 5) is 31.5. The molecule has 0 bridgehead atoms. The molecule has 2 heterocycles. The Balaban J connectivity index is 1.76. The van der Waals surface area contributed by atoms with Crippen molar-refractivity contribution < 1.29 is 13.9 Å². The van der Waals surface area contributed by atoms with E-state index in [-0.39, 0.29) is 11.5 Å². The van der Waals surface area contributed by atoms with E-state index in [2.05, 4.69) is 4.98 Å². The molecule has 0 atom stereocenters. The van der Waals surface area contributed by atoms with Crippen LogP contribution in [0.3, 0.4) is 0 Å². The third-order valence-electron chi connectivity index (χ3n) is 5.66. The number of fused-ring (bicyclic) bond motifs is 2. The van der Waals surface area contributed by atoms with Crippen molar-refractivity contribution in [2.24, 2.45) is 0 Å². The molecule has 0 aliphatic carbocycles. The van der Waals surface area contributed by atoms with Crippen molar-refractivity contribution >= 4 is 39.4 Å². The fourth-order valence-electron chi connectivity index (χ4n) is 4.17. The van der Waals surface area contributed by atoms with Crippen LogP contribution in [0, 0.1) is 20.8 Å². The van der Waals surface area contributed by atoms with Crippen LogP contribution in [0.25, 0.3) is 33.2 Å². The van der Waals surface area contributed by atoms with Gasteiger partial charge in [0, 0.05) is 16.6 Å². The highest BCUT2D eigenvalue weighted by Gasteiger charge is 2.24. The average molecular weight is 470 g/mol. The molecule has 5 rings (SSSR count). The number of hydrogen-bond donors (Lipinski definition) is 0. The van der Waals surface area contributed by atoms with Gasteiger partial charge in [-0.1, -0.05) is 48.0 Å². The van der Waals surface area contributed by atoms with Gasteiger partial charge in [0.05, 0.1) is 21.5 Å². The minimum Gasteiger partial charge on any atom is -0.452 e. The number of para-hydroxylation sites is 1. The van der Waals surface area contributed by atoms with Crippen molar-refractivity contribution in [1.82, 2.24) is 4.98 Å². The normalized spacial score (nSPS) is 11.2. The summed E-state index contributed by atoms with van der Waals surface area (Å²) in [5.74, 6) is -0.765. The van der Waals surface area contributed by atoms with Crippen LogP contribution >= 0.6 is 11.6 Å². The van der Waals surface area contributed by atoms with Gasteiger partial charge in [-0.2, -0.15) is 0 Å². The van der Waals surface area contributed by atoms with E-state index in [1.807, 2.05) is 38.1 Å². The molecule has 6 heteroatoms. The van der Waals surface area contributed by atoms with Crippen molar-refractivity contribution in [3.8, 4) is 17.1 Å². The fraction of sp³-hybridized carbons (Fsp3) is 0.107. The van der Waals surface area contributed by atoms with Gasteiger partial charge >= 0.3 is 5.97 Å². The Bertz CT molecular complexity index is 1670. The number of ether oxygens (including phenoxy) is 1. The maximum atomic E-state index is 13.6. The number of esters is 1. The zero-order chi connectivity index (χ0) is 24.0. The third-order valence-corrected chi connectivity index (χ3v) is 5.99. The van der Waals surface area contributed by atoms with Crippen molar-refractivity contribution in [1.29, 1.82) is 0 Å². The van der Waals surface area contributed by atoms with Gasteiger partial charge in [0.15, 0.2) is 5.76 Å². The van der Waals surface area contributed by atoms with Crippen LogP contribution in [-0.4, -0.2) is 11.0 Å². The first-order chi connectivity index (χ1) is 16.3. The van der Waals surface area contributed by atoms with Crippen molar-refractivity contribution in [3.63, 3.8) is 0 Å². The van der Waals surface area contributed by atoms with Gasteiger partial charge in [0.1, 0.15) is 5.58 Å². The summed E-state index contributed by atoms with van der Waals surface area (Å²) >= 11 is 6.44. The molecule has 0 unspecified atom stereocenters. The lowest BCUT2D eigenvalue weighted by molar-refractivity contribution is 0.0733. The standard InChI is InChI=1S/C28H20ClNO4/c1-15-12-16(2)25-21(13-15)24(31)27(26(33-25)19-9-4-6-10-22(19)29)34-28(32)20-14-17(3)30-23-11-7-5-8-18(20)23/h4-14H,1-3H3. The highest BCUT2D eigenvalue weighted by molar-refractivity contribution is 6.33. The summed E-state index contributed by atoms with van der Waals surface area (Å²) in [6.45, 7) is 5.56. The minimum absolute atomic E-state index is 0.110. The minimum atomic E-state index is -0.675. The van der Waals surface area contributed by atoms with Gasteiger partial charge in [-0.3, -0.25) is 9.78 Å². The molecule has 0 aliphatic rings. The first-order valence-corrected chi connectivity index (χ1v) is 11.1. The van der Waals surface area contributed by atoms with E-state index in [1.165, 1.54) is 0 Å². The number of aromatic nitrogens is 1. The number of rotatable bonds is 3. The van der Waals surface area contributed by atoms with Gasteiger partial charge in [-0.05, 0) is 62.2 Å². The van der Waals surface area contributed by atoms with Crippen molar-refractivity contribution in [2.75, 3.05) is 0 Å². The molecule has 0 saturated heterocycles. The molecule has 0 amide bonds. The maximum absolute atomic E-state index is 13.6. The summed E-state index contributed by atoms with van der Waals surface area (Å²) in [5, 5.41) is 1.35. The van der Waals surface area contributed by atoms with Gasteiger partial charge in [-0.15, -0.1) is 0 Å². The number of benzene rings is 3. The van der Waals surface area contributed by atoms with E-state index in [4.69, 9.17) is 20.8 Å². The summed E-state index contributed by atoms with van der Waals surface area (Å²) < 4.78 is 12.0. The summed E-state index contributed by atoms with van der Waals surface area (Å²) in [6.07, 6.45) is 0.